The number of nitrogens with zero attached hydrogens (tertiary/aromatic N) is 1. The summed E-state index contributed by atoms with van der Waals surface area (Å²) in [5.74, 6) is -0.297. The van der Waals surface area contributed by atoms with E-state index in [0.29, 0.717) is 13.2 Å². The van der Waals surface area contributed by atoms with Gasteiger partial charge in [-0.05, 0) is 33.4 Å². The Bertz CT molecular complexity index is 209. The molecular weight excluding hydrogens is 192 g/mol. The second kappa shape index (κ2) is 6.08. The van der Waals surface area contributed by atoms with E-state index in [1.165, 1.54) is 12.8 Å². The van der Waals surface area contributed by atoms with Crippen LogP contribution in [0.5, 0.6) is 0 Å². The zero-order chi connectivity index (χ0) is 11.3. The van der Waals surface area contributed by atoms with E-state index in [0.717, 1.165) is 13.0 Å². The van der Waals surface area contributed by atoms with Crippen molar-refractivity contribution in [1.29, 1.82) is 0 Å². The molecule has 2 unspecified atom stereocenters. The molecular formula is C11H22N2O2. The minimum Gasteiger partial charge on any atom is -0.466 e. The normalized spacial score (nSPS) is 24.9. The Hall–Kier alpha value is -0.610. The first kappa shape index (κ1) is 12.5. The lowest BCUT2D eigenvalue weighted by Gasteiger charge is -2.36. The number of hydrogen-bond donors (Lipinski definition) is 1. The average molecular weight is 214 g/mol. The molecule has 4 nitrogen and oxygen atoms in total. The number of carbonyl (C=O) groups is 1. The molecule has 0 saturated carbocycles. The third-order valence-corrected chi connectivity index (χ3v) is 3.13. The number of carbonyl (C=O) groups excluding carboxylic acids is 1. The monoisotopic (exact) mass is 214 g/mol. The van der Waals surface area contributed by atoms with Crippen LogP contribution in [0.15, 0.2) is 0 Å². The third kappa shape index (κ3) is 3.18. The van der Waals surface area contributed by atoms with Crippen LogP contribution in [0.25, 0.3) is 0 Å². The lowest BCUT2D eigenvalue weighted by molar-refractivity contribution is -0.150. The molecule has 1 aliphatic heterocycles. The molecule has 2 atom stereocenters. The molecule has 1 rings (SSSR count). The van der Waals surface area contributed by atoms with Gasteiger partial charge in [-0.3, -0.25) is 4.79 Å². The first-order valence-corrected chi connectivity index (χ1v) is 5.77. The summed E-state index contributed by atoms with van der Waals surface area (Å²) in [6.45, 7) is 3.70. The van der Waals surface area contributed by atoms with Gasteiger partial charge in [-0.1, -0.05) is 6.42 Å². The van der Waals surface area contributed by atoms with Crippen LogP contribution < -0.4 is 5.73 Å². The highest BCUT2D eigenvalue weighted by molar-refractivity contribution is 5.73. The van der Waals surface area contributed by atoms with Crippen LogP contribution in [0, 0.1) is 5.92 Å². The van der Waals surface area contributed by atoms with Gasteiger partial charge in [0.15, 0.2) is 0 Å². The first-order chi connectivity index (χ1) is 7.20. The Morgan fingerprint density at radius 3 is 2.87 bits per heavy atom. The van der Waals surface area contributed by atoms with Gasteiger partial charge < -0.3 is 15.4 Å². The summed E-state index contributed by atoms with van der Waals surface area (Å²) >= 11 is 0. The Morgan fingerprint density at radius 1 is 1.60 bits per heavy atom. The summed E-state index contributed by atoms with van der Waals surface area (Å²) in [5, 5.41) is 0. The molecule has 0 aromatic rings. The van der Waals surface area contributed by atoms with Crippen molar-refractivity contribution in [1.82, 2.24) is 4.90 Å². The van der Waals surface area contributed by atoms with E-state index in [1.54, 1.807) is 0 Å². The highest BCUT2D eigenvalue weighted by atomic mass is 16.5. The number of rotatable bonds is 4. The molecule has 1 fully saturated rings. The SMILES string of the molecule is CCOC(=O)C(CN)C1CCCCN1C. The fourth-order valence-corrected chi connectivity index (χ4v) is 2.27. The number of likely N-dealkylation sites (tertiary alicyclic amines) is 1. The van der Waals surface area contributed by atoms with E-state index in [1.807, 2.05) is 6.92 Å². The topological polar surface area (TPSA) is 55.6 Å². The van der Waals surface area contributed by atoms with Crippen LogP contribution in [0.2, 0.25) is 0 Å². The lowest BCUT2D eigenvalue weighted by Crippen LogP contribution is -2.47. The van der Waals surface area contributed by atoms with Crippen LogP contribution in [-0.4, -0.2) is 43.7 Å². The van der Waals surface area contributed by atoms with E-state index in [2.05, 4.69) is 11.9 Å². The molecule has 1 heterocycles. The quantitative estimate of drug-likeness (QED) is 0.697. The van der Waals surface area contributed by atoms with Crippen molar-refractivity contribution in [2.45, 2.75) is 32.2 Å². The summed E-state index contributed by atoms with van der Waals surface area (Å²) in [4.78, 5) is 13.9. The van der Waals surface area contributed by atoms with Gasteiger partial charge in [-0.25, -0.2) is 0 Å². The van der Waals surface area contributed by atoms with Crippen molar-refractivity contribution in [3.63, 3.8) is 0 Å². The minimum absolute atomic E-state index is 0.140. The fraction of sp³-hybridized carbons (Fsp3) is 0.909. The molecule has 0 bridgehead atoms. The maximum Gasteiger partial charge on any atom is 0.311 e. The van der Waals surface area contributed by atoms with Crippen LogP contribution >= 0.6 is 0 Å². The Balaban J connectivity index is 2.59. The van der Waals surface area contributed by atoms with Crippen LogP contribution in [0.3, 0.4) is 0 Å². The number of ether oxygens (including phenoxy) is 1. The highest BCUT2D eigenvalue weighted by Gasteiger charge is 2.32. The Kier molecular flexibility index (Phi) is 5.05. The van der Waals surface area contributed by atoms with Crippen molar-refractivity contribution in [2.24, 2.45) is 11.7 Å². The van der Waals surface area contributed by atoms with Crippen molar-refractivity contribution in [2.75, 3.05) is 26.7 Å². The number of hydrogen-bond acceptors (Lipinski definition) is 4. The molecule has 1 aliphatic rings. The molecule has 0 aliphatic carbocycles. The molecule has 0 aromatic heterocycles. The number of nitrogens with two attached hydrogens (primary N) is 1. The molecule has 88 valence electrons. The Labute approximate surface area is 91.8 Å². The van der Waals surface area contributed by atoms with Crippen LogP contribution in [0.4, 0.5) is 0 Å². The second-order valence-electron chi connectivity index (χ2n) is 4.14. The molecule has 0 aromatic carbocycles. The van der Waals surface area contributed by atoms with Gasteiger partial charge in [-0.2, -0.15) is 0 Å². The zero-order valence-corrected chi connectivity index (χ0v) is 9.74. The maximum atomic E-state index is 11.7. The predicted molar refractivity (Wildman–Crippen MR) is 59.4 cm³/mol. The number of piperidine rings is 1. The van der Waals surface area contributed by atoms with E-state index >= 15 is 0 Å². The van der Waals surface area contributed by atoms with Crippen molar-refractivity contribution in [3.05, 3.63) is 0 Å². The van der Waals surface area contributed by atoms with E-state index < -0.39 is 0 Å². The highest BCUT2D eigenvalue weighted by Crippen LogP contribution is 2.22. The predicted octanol–water partition coefficient (Wildman–Crippen LogP) is 0.609. The van der Waals surface area contributed by atoms with Crippen LogP contribution in [0.1, 0.15) is 26.2 Å². The van der Waals surface area contributed by atoms with Crippen molar-refractivity contribution < 1.29 is 9.53 Å². The van der Waals surface area contributed by atoms with Gasteiger partial charge in [0.1, 0.15) is 0 Å². The molecule has 0 spiro atoms. The van der Waals surface area contributed by atoms with Gasteiger partial charge in [0.2, 0.25) is 0 Å². The summed E-state index contributed by atoms with van der Waals surface area (Å²) in [6.07, 6.45) is 3.45. The summed E-state index contributed by atoms with van der Waals surface area (Å²) in [6, 6.07) is 0.266. The standard InChI is InChI=1S/C11H22N2O2/c1-3-15-11(14)9(8-12)10-6-4-5-7-13(10)2/h9-10H,3-8,12H2,1-2H3. The molecule has 0 radical (unpaired) electrons. The summed E-state index contributed by atoms with van der Waals surface area (Å²) in [7, 11) is 2.06. The molecule has 2 N–H and O–H groups in total. The first-order valence-electron chi connectivity index (χ1n) is 5.77. The Morgan fingerprint density at radius 2 is 2.33 bits per heavy atom. The maximum absolute atomic E-state index is 11.7. The van der Waals surface area contributed by atoms with Gasteiger partial charge in [0, 0.05) is 12.6 Å². The molecule has 15 heavy (non-hydrogen) atoms. The van der Waals surface area contributed by atoms with E-state index in [9.17, 15) is 4.79 Å². The third-order valence-electron chi connectivity index (χ3n) is 3.13. The molecule has 1 saturated heterocycles. The van der Waals surface area contributed by atoms with Gasteiger partial charge in [0.05, 0.1) is 12.5 Å². The second-order valence-corrected chi connectivity index (χ2v) is 4.14. The lowest BCUT2D eigenvalue weighted by atomic mass is 9.90. The summed E-state index contributed by atoms with van der Waals surface area (Å²) in [5.41, 5.74) is 5.67. The van der Waals surface area contributed by atoms with E-state index in [4.69, 9.17) is 10.5 Å². The molecule has 4 heteroatoms. The smallest absolute Gasteiger partial charge is 0.311 e. The van der Waals surface area contributed by atoms with E-state index in [-0.39, 0.29) is 17.9 Å². The van der Waals surface area contributed by atoms with Gasteiger partial charge in [0.25, 0.3) is 0 Å². The zero-order valence-electron chi connectivity index (χ0n) is 9.74. The average Bonchev–Trinajstić information content (AvgIpc) is 2.22. The largest absolute Gasteiger partial charge is 0.466 e. The van der Waals surface area contributed by atoms with Gasteiger partial charge >= 0.3 is 5.97 Å². The number of esters is 1. The van der Waals surface area contributed by atoms with Crippen molar-refractivity contribution in [3.8, 4) is 0 Å². The van der Waals surface area contributed by atoms with Gasteiger partial charge in [-0.15, -0.1) is 0 Å². The van der Waals surface area contributed by atoms with Crippen molar-refractivity contribution >= 4 is 5.97 Å². The fourth-order valence-electron chi connectivity index (χ4n) is 2.27. The molecule has 0 amide bonds. The summed E-state index contributed by atoms with van der Waals surface area (Å²) < 4.78 is 5.05. The minimum atomic E-state index is -0.157. The van der Waals surface area contributed by atoms with Crippen LogP contribution in [-0.2, 0) is 9.53 Å².